The molecule has 7 heteroatoms. The van der Waals surface area contributed by atoms with E-state index >= 15 is 0 Å². The molecule has 0 aliphatic carbocycles. The molecule has 1 fully saturated rings. The predicted octanol–water partition coefficient (Wildman–Crippen LogP) is -2.53. The molecule has 0 amide bonds. The molecule has 1 heterocycles. The van der Waals surface area contributed by atoms with Crippen molar-refractivity contribution >= 4 is 18.0 Å². The maximum Gasteiger partial charge on any atom is 1.00 e. The molecule has 0 aromatic heterocycles. The third-order valence-corrected chi connectivity index (χ3v) is 3.52. The summed E-state index contributed by atoms with van der Waals surface area (Å²) in [4.78, 5) is 12.7. The minimum atomic E-state index is -0.0988. The van der Waals surface area contributed by atoms with Crippen LogP contribution in [0.4, 0.5) is 4.48 Å². The summed E-state index contributed by atoms with van der Waals surface area (Å²) < 4.78 is 9.00. The van der Waals surface area contributed by atoms with Gasteiger partial charge in [0.05, 0.1) is 12.0 Å². The minimum Gasteiger partial charge on any atom is -0.540 e. The predicted molar refractivity (Wildman–Crippen MR) is 59.7 cm³/mol. The first-order valence-corrected chi connectivity index (χ1v) is 5.96. The van der Waals surface area contributed by atoms with Gasteiger partial charge in [0, 0.05) is 0 Å². The zero-order chi connectivity index (χ0) is 11.7. The minimum absolute atomic E-state index is 0. The van der Waals surface area contributed by atoms with Crippen LogP contribution in [-0.2, 0) is 4.79 Å². The van der Waals surface area contributed by atoms with E-state index in [1.165, 1.54) is 0 Å². The third kappa shape index (κ3) is 6.41. The normalized spacial score (nSPS) is 25.0. The SMILES string of the molecule is CCCN1C(CO)SCC[C@H]1[C-]=O.NF.[K+]. The fourth-order valence-electron chi connectivity index (χ4n) is 1.62. The van der Waals surface area contributed by atoms with Crippen LogP contribution >= 0.6 is 11.8 Å². The van der Waals surface area contributed by atoms with E-state index in [9.17, 15) is 4.79 Å². The van der Waals surface area contributed by atoms with E-state index in [-0.39, 0.29) is 69.4 Å². The van der Waals surface area contributed by atoms with Crippen LogP contribution in [0, 0.1) is 0 Å². The van der Waals surface area contributed by atoms with E-state index in [1.807, 2.05) is 0 Å². The van der Waals surface area contributed by atoms with Gasteiger partial charge in [-0.3, -0.25) is 0 Å². The Morgan fingerprint density at radius 3 is 2.69 bits per heavy atom. The van der Waals surface area contributed by atoms with Gasteiger partial charge in [0.2, 0.25) is 0 Å². The van der Waals surface area contributed by atoms with Crippen molar-refractivity contribution in [2.24, 2.45) is 5.96 Å². The fraction of sp³-hybridized carbons (Fsp3) is 0.889. The molecule has 0 bridgehead atoms. The Labute approximate surface area is 143 Å². The molecule has 1 rings (SSSR count). The van der Waals surface area contributed by atoms with Crippen molar-refractivity contribution in [2.75, 3.05) is 18.9 Å². The number of hydrogen-bond acceptors (Lipinski definition) is 5. The Morgan fingerprint density at radius 2 is 2.25 bits per heavy atom. The Hall–Kier alpha value is 1.47. The molecule has 0 radical (unpaired) electrons. The molecular formula is C9H18FKN2O2S. The molecule has 16 heavy (non-hydrogen) atoms. The van der Waals surface area contributed by atoms with Gasteiger partial charge in [-0.2, -0.15) is 5.96 Å². The van der Waals surface area contributed by atoms with Gasteiger partial charge in [0.1, 0.15) is 0 Å². The Morgan fingerprint density at radius 1 is 1.62 bits per heavy atom. The number of hydrogen-bond donors (Lipinski definition) is 2. The number of rotatable bonds is 4. The number of nitrogens with zero attached hydrogens (tertiary/aromatic N) is 1. The molecule has 1 aliphatic rings. The van der Waals surface area contributed by atoms with E-state index in [0.717, 1.165) is 25.1 Å². The summed E-state index contributed by atoms with van der Waals surface area (Å²) in [6.45, 7) is 3.08. The number of aliphatic hydroxyl groups excluding tert-OH is 1. The maximum absolute atomic E-state index is 10.6. The molecule has 0 spiro atoms. The van der Waals surface area contributed by atoms with Crippen LogP contribution in [0.5, 0.6) is 0 Å². The van der Waals surface area contributed by atoms with Crippen molar-refractivity contribution in [1.82, 2.24) is 4.90 Å². The monoisotopic (exact) mass is 276 g/mol. The quantitative estimate of drug-likeness (QED) is 0.337. The van der Waals surface area contributed by atoms with Crippen LogP contribution in [0.1, 0.15) is 19.8 Å². The van der Waals surface area contributed by atoms with Gasteiger partial charge in [-0.1, -0.05) is 19.4 Å². The van der Waals surface area contributed by atoms with E-state index < -0.39 is 0 Å². The standard InChI is InChI=1S/C9H16NO2S.FH2N.K/c1-2-4-10-8(6-11)3-5-13-9(10)7-12;1-2;/h8-9,12H,2-5,7H2,1H3;2H2;/q-1;;+1/t8-,9?;;/m0../s1. The van der Waals surface area contributed by atoms with Crippen LogP contribution in [0.15, 0.2) is 0 Å². The van der Waals surface area contributed by atoms with Crippen molar-refractivity contribution in [1.29, 1.82) is 0 Å². The van der Waals surface area contributed by atoms with Crippen molar-refractivity contribution in [3.05, 3.63) is 0 Å². The molecule has 90 valence electrons. The first kappa shape index (κ1) is 19.8. The second-order valence-corrected chi connectivity index (χ2v) is 4.45. The number of nitrogens with two attached hydrogens (primary N) is 1. The molecule has 1 saturated heterocycles. The molecule has 1 aliphatic heterocycles. The van der Waals surface area contributed by atoms with E-state index in [1.54, 1.807) is 11.8 Å². The van der Waals surface area contributed by atoms with Crippen LogP contribution in [-0.4, -0.2) is 46.6 Å². The summed E-state index contributed by atoms with van der Waals surface area (Å²) in [5, 5.41) is 9.21. The van der Waals surface area contributed by atoms with Gasteiger partial charge in [0.25, 0.3) is 0 Å². The largest absolute Gasteiger partial charge is 1.00 e. The average molecular weight is 276 g/mol. The summed E-state index contributed by atoms with van der Waals surface area (Å²) in [6.07, 6.45) is 3.93. The van der Waals surface area contributed by atoms with E-state index in [2.05, 4.69) is 24.1 Å². The third-order valence-electron chi connectivity index (χ3n) is 2.25. The van der Waals surface area contributed by atoms with Gasteiger partial charge in [-0.15, -0.1) is 16.2 Å². The van der Waals surface area contributed by atoms with Crippen LogP contribution in [0.2, 0.25) is 0 Å². The Kier molecular flexibility index (Phi) is 16.0. The van der Waals surface area contributed by atoms with Crippen molar-refractivity contribution in [2.45, 2.75) is 31.2 Å². The molecule has 1 unspecified atom stereocenters. The second-order valence-electron chi connectivity index (χ2n) is 3.17. The smallest absolute Gasteiger partial charge is 0.540 e. The molecule has 2 atom stereocenters. The number of carbonyl (C=O) groups excluding carboxylic acids is 1. The van der Waals surface area contributed by atoms with Crippen molar-refractivity contribution in [3.63, 3.8) is 0 Å². The van der Waals surface area contributed by atoms with E-state index in [0.29, 0.717) is 0 Å². The van der Waals surface area contributed by atoms with Gasteiger partial charge in [-0.25, -0.2) is 6.29 Å². The Balaban J connectivity index is 0. The summed E-state index contributed by atoms with van der Waals surface area (Å²) in [6, 6.07) is -0.0988. The second kappa shape index (κ2) is 12.9. The average Bonchev–Trinajstić information content (AvgIpc) is 2.32. The summed E-state index contributed by atoms with van der Waals surface area (Å²) in [5.41, 5.74) is 0. The number of halogens is 1. The van der Waals surface area contributed by atoms with Crippen molar-refractivity contribution in [3.8, 4) is 0 Å². The van der Waals surface area contributed by atoms with Crippen molar-refractivity contribution < 1.29 is 65.8 Å². The first-order chi connectivity index (χ1) is 7.33. The number of thioether (sulfide) groups is 1. The molecule has 4 nitrogen and oxygen atoms in total. The molecule has 0 aromatic carbocycles. The zero-order valence-corrected chi connectivity index (χ0v) is 13.8. The molecule has 0 aromatic rings. The fourth-order valence-corrected chi connectivity index (χ4v) is 2.80. The first-order valence-electron chi connectivity index (χ1n) is 4.91. The molecule has 3 N–H and O–H groups in total. The summed E-state index contributed by atoms with van der Waals surface area (Å²) >= 11 is 1.73. The van der Waals surface area contributed by atoms with E-state index in [4.69, 9.17) is 9.59 Å². The molecular weight excluding hydrogens is 258 g/mol. The van der Waals surface area contributed by atoms with Gasteiger partial charge >= 0.3 is 51.4 Å². The van der Waals surface area contributed by atoms with Crippen LogP contribution in [0.25, 0.3) is 0 Å². The topological polar surface area (TPSA) is 66.6 Å². The van der Waals surface area contributed by atoms with Crippen LogP contribution < -0.4 is 57.3 Å². The Bertz CT molecular complexity index is 180. The zero-order valence-electron chi connectivity index (χ0n) is 9.86. The van der Waals surface area contributed by atoms with Gasteiger partial charge in [0.15, 0.2) is 0 Å². The van der Waals surface area contributed by atoms with Crippen LogP contribution in [0.3, 0.4) is 0 Å². The molecule has 0 saturated carbocycles. The number of aliphatic hydroxyl groups is 1. The van der Waals surface area contributed by atoms with Gasteiger partial charge in [-0.05, 0) is 18.7 Å². The summed E-state index contributed by atoms with van der Waals surface area (Å²) in [5.74, 6) is 3.95. The van der Waals surface area contributed by atoms with Gasteiger partial charge < -0.3 is 14.8 Å². The maximum atomic E-state index is 10.6. The summed E-state index contributed by atoms with van der Waals surface area (Å²) in [7, 11) is 0.